The quantitative estimate of drug-likeness (QED) is 0.551. The molecule has 0 aliphatic heterocycles. The van der Waals surface area contributed by atoms with E-state index in [9.17, 15) is 9.59 Å². The number of benzene rings is 1. The van der Waals surface area contributed by atoms with Crippen molar-refractivity contribution in [1.82, 2.24) is 20.2 Å². The van der Waals surface area contributed by atoms with Crippen LogP contribution in [0.2, 0.25) is 5.02 Å². The van der Waals surface area contributed by atoms with Gasteiger partial charge in [-0.25, -0.2) is 4.98 Å². The molecule has 0 aliphatic rings. The van der Waals surface area contributed by atoms with Crippen molar-refractivity contribution in [3.05, 3.63) is 75.5 Å². The summed E-state index contributed by atoms with van der Waals surface area (Å²) in [5.74, 6) is 0.517. The van der Waals surface area contributed by atoms with E-state index < -0.39 is 0 Å². The summed E-state index contributed by atoms with van der Waals surface area (Å²) in [6.07, 6.45) is 4.39. The smallest absolute Gasteiger partial charge is 0.252 e. The number of nitrogens with one attached hydrogen (secondary N) is 2. The first-order chi connectivity index (χ1) is 13.5. The molecule has 3 aromatic rings. The van der Waals surface area contributed by atoms with Gasteiger partial charge in [0.25, 0.3) is 5.91 Å². The van der Waals surface area contributed by atoms with Crippen LogP contribution in [0.5, 0.6) is 0 Å². The number of imidazole rings is 1. The first-order valence-electron chi connectivity index (χ1n) is 8.87. The van der Waals surface area contributed by atoms with Gasteiger partial charge in [-0.1, -0.05) is 23.7 Å². The van der Waals surface area contributed by atoms with Gasteiger partial charge in [0.15, 0.2) is 0 Å². The Morgan fingerprint density at radius 2 is 2.04 bits per heavy atom. The zero-order valence-electron chi connectivity index (χ0n) is 15.4. The van der Waals surface area contributed by atoms with Crippen LogP contribution in [0.3, 0.4) is 0 Å². The fourth-order valence-electron chi connectivity index (χ4n) is 2.79. The highest BCUT2D eigenvalue weighted by Gasteiger charge is 2.20. The van der Waals surface area contributed by atoms with Crippen molar-refractivity contribution < 1.29 is 9.59 Å². The van der Waals surface area contributed by atoms with Gasteiger partial charge in [-0.2, -0.15) is 11.3 Å². The Balaban J connectivity index is 1.56. The van der Waals surface area contributed by atoms with E-state index in [1.807, 2.05) is 35.3 Å². The maximum atomic E-state index is 12.5. The minimum Gasteiger partial charge on any atom is -0.352 e. The van der Waals surface area contributed by atoms with Crippen molar-refractivity contribution in [2.45, 2.75) is 18.9 Å². The highest BCUT2D eigenvalue weighted by Crippen LogP contribution is 2.22. The monoisotopic (exact) mass is 416 g/mol. The van der Waals surface area contributed by atoms with Gasteiger partial charge < -0.3 is 15.2 Å². The lowest BCUT2D eigenvalue weighted by atomic mass is 10.1. The third kappa shape index (κ3) is 5.21. The molecule has 2 amide bonds. The number of carbonyl (C=O) groups excluding carboxylic acids is 2. The summed E-state index contributed by atoms with van der Waals surface area (Å²) in [6.45, 7) is 0.441. The van der Waals surface area contributed by atoms with E-state index in [-0.39, 0.29) is 17.9 Å². The molecule has 0 fully saturated rings. The number of aromatic nitrogens is 2. The Kier molecular flexibility index (Phi) is 6.84. The van der Waals surface area contributed by atoms with E-state index in [0.29, 0.717) is 30.0 Å². The summed E-state index contributed by atoms with van der Waals surface area (Å²) < 4.78 is 1.88. The van der Waals surface area contributed by atoms with Crippen molar-refractivity contribution in [3.8, 4) is 0 Å². The van der Waals surface area contributed by atoms with Crippen molar-refractivity contribution in [3.63, 3.8) is 0 Å². The molecule has 1 unspecified atom stereocenters. The number of halogens is 1. The molecule has 3 rings (SSSR count). The minimum absolute atomic E-state index is 0.104. The number of hydrogen-bond acceptors (Lipinski definition) is 4. The van der Waals surface area contributed by atoms with Crippen LogP contribution in [-0.2, 0) is 11.8 Å². The molecule has 146 valence electrons. The zero-order valence-corrected chi connectivity index (χ0v) is 17.0. The van der Waals surface area contributed by atoms with Gasteiger partial charge in [0, 0.05) is 48.4 Å². The van der Waals surface area contributed by atoms with Gasteiger partial charge in [-0.05, 0) is 35.6 Å². The second-order valence-electron chi connectivity index (χ2n) is 6.32. The second kappa shape index (κ2) is 9.52. The molecule has 1 atom stereocenters. The van der Waals surface area contributed by atoms with Crippen LogP contribution in [0.4, 0.5) is 0 Å². The number of hydrogen-bond donors (Lipinski definition) is 2. The Bertz CT molecular complexity index is 922. The van der Waals surface area contributed by atoms with Crippen LogP contribution in [0.25, 0.3) is 0 Å². The molecule has 6 nitrogen and oxygen atoms in total. The molecule has 2 heterocycles. The van der Waals surface area contributed by atoms with E-state index in [2.05, 4.69) is 15.6 Å². The summed E-state index contributed by atoms with van der Waals surface area (Å²) in [7, 11) is 1.89. The summed E-state index contributed by atoms with van der Waals surface area (Å²) in [5.41, 5.74) is 1.55. The molecule has 2 aromatic heterocycles. The van der Waals surface area contributed by atoms with Crippen molar-refractivity contribution >= 4 is 34.8 Å². The zero-order chi connectivity index (χ0) is 19.9. The number of carbonyl (C=O) groups is 2. The molecular weight excluding hydrogens is 396 g/mol. The molecule has 0 saturated heterocycles. The number of thiophene rings is 1. The molecule has 1 aromatic carbocycles. The van der Waals surface area contributed by atoms with Crippen molar-refractivity contribution in [1.29, 1.82) is 0 Å². The average molecular weight is 417 g/mol. The lowest BCUT2D eigenvalue weighted by Gasteiger charge is -2.19. The summed E-state index contributed by atoms with van der Waals surface area (Å²) in [5, 5.41) is 10.1. The fraction of sp³-hybridized carbons (Fsp3) is 0.250. The first-order valence-corrected chi connectivity index (χ1v) is 10.2. The molecule has 2 N–H and O–H groups in total. The SMILES string of the molecule is Cn1ccnc1C(NC(=O)CCCNC(=O)c1ccsc1)c1ccc(Cl)cc1. The Morgan fingerprint density at radius 3 is 2.68 bits per heavy atom. The van der Waals surface area contributed by atoms with Crippen LogP contribution in [0, 0.1) is 0 Å². The second-order valence-corrected chi connectivity index (χ2v) is 7.54. The maximum absolute atomic E-state index is 12.5. The lowest BCUT2D eigenvalue weighted by Crippen LogP contribution is -2.32. The van der Waals surface area contributed by atoms with E-state index in [1.165, 1.54) is 11.3 Å². The summed E-state index contributed by atoms with van der Waals surface area (Å²) >= 11 is 7.46. The van der Waals surface area contributed by atoms with Crippen LogP contribution >= 0.6 is 22.9 Å². The number of aryl methyl sites for hydroxylation is 1. The Morgan fingerprint density at radius 1 is 1.25 bits per heavy atom. The first kappa shape index (κ1) is 20.1. The van der Waals surface area contributed by atoms with E-state index >= 15 is 0 Å². The number of rotatable bonds is 8. The van der Waals surface area contributed by atoms with Crippen LogP contribution in [0.1, 0.15) is 40.6 Å². The van der Waals surface area contributed by atoms with E-state index in [1.54, 1.807) is 29.8 Å². The fourth-order valence-corrected chi connectivity index (χ4v) is 3.55. The van der Waals surface area contributed by atoms with E-state index in [4.69, 9.17) is 11.6 Å². The summed E-state index contributed by atoms with van der Waals surface area (Å²) in [6, 6.07) is 8.74. The van der Waals surface area contributed by atoms with Gasteiger partial charge in [0.1, 0.15) is 11.9 Å². The highest BCUT2D eigenvalue weighted by molar-refractivity contribution is 7.08. The highest BCUT2D eigenvalue weighted by atomic mass is 35.5. The van der Waals surface area contributed by atoms with E-state index in [0.717, 1.165) is 11.4 Å². The number of nitrogens with zero attached hydrogens (tertiary/aromatic N) is 2. The van der Waals surface area contributed by atoms with Crippen LogP contribution < -0.4 is 10.6 Å². The molecule has 0 spiro atoms. The third-order valence-electron chi connectivity index (χ3n) is 4.27. The van der Waals surface area contributed by atoms with Crippen LogP contribution in [0.15, 0.2) is 53.5 Å². The van der Waals surface area contributed by atoms with Gasteiger partial charge in [-0.3, -0.25) is 9.59 Å². The Hall–Kier alpha value is -2.64. The lowest BCUT2D eigenvalue weighted by molar-refractivity contribution is -0.121. The van der Waals surface area contributed by atoms with Crippen LogP contribution in [-0.4, -0.2) is 27.9 Å². The molecule has 8 heteroatoms. The standard InChI is InChI=1S/C20H21ClN4O2S/c1-25-11-10-22-19(25)18(14-4-6-16(21)7-5-14)24-17(26)3-2-9-23-20(27)15-8-12-28-13-15/h4-8,10-13,18H,2-3,9H2,1H3,(H,23,27)(H,24,26). The van der Waals surface area contributed by atoms with Crippen molar-refractivity contribution in [2.75, 3.05) is 6.54 Å². The third-order valence-corrected chi connectivity index (χ3v) is 5.21. The van der Waals surface area contributed by atoms with Crippen molar-refractivity contribution in [2.24, 2.45) is 7.05 Å². The number of amides is 2. The predicted octanol–water partition coefficient (Wildman–Crippen LogP) is 3.55. The topological polar surface area (TPSA) is 76.0 Å². The minimum atomic E-state index is -0.370. The van der Waals surface area contributed by atoms with Gasteiger partial charge in [-0.15, -0.1) is 0 Å². The Labute approximate surface area is 172 Å². The molecule has 0 bridgehead atoms. The largest absolute Gasteiger partial charge is 0.352 e. The normalized spacial score (nSPS) is 11.8. The van der Waals surface area contributed by atoms with Gasteiger partial charge in [0.2, 0.25) is 5.91 Å². The molecule has 0 saturated carbocycles. The van der Waals surface area contributed by atoms with Gasteiger partial charge >= 0.3 is 0 Å². The molecule has 0 radical (unpaired) electrons. The molecular formula is C20H21ClN4O2S. The molecule has 28 heavy (non-hydrogen) atoms. The maximum Gasteiger partial charge on any atom is 0.252 e. The average Bonchev–Trinajstić information content (AvgIpc) is 3.36. The summed E-state index contributed by atoms with van der Waals surface area (Å²) in [4.78, 5) is 28.8. The van der Waals surface area contributed by atoms with Gasteiger partial charge in [0.05, 0.1) is 0 Å². The predicted molar refractivity (Wildman–Crippen MR) is 111 cm³/mol. The molecule has 0 aliphatic carbocycles.